The highest BCUT2D eigenvalue weighted by atomic mass is 16.5. The standard InChI is InChI=1S/C19H27N5O4/c1-26-12-7-20-13-18(25)24-10-8-23(9-11-24)14-17-21-19(22-28-17)15-3-5-16(27-2)6-4-15/h3-6,20H,7-14H2,1-2H3. The average Bonchev–Trinajstić information content (AvgIpc) is 3.20. The zero-order chi connectivity index (χ0) is 19.8. The van der Waals surface area contributed by atoms with Crippen LogP contribution < -0.4 is 10.1 Å². The minimum atomic E-state index is 0.121. The van der Waals surface area contributed by atoms with Gasteiger partial charge in [-0.25, -0.2) is 0 Å². The number of piperazine rings is 1. The second kappa shape index (κ2) is 10.2. The molecule has 3 rings (SSSR count). The van der Waals surface area contributed by atoms with Crippen LogP contribution in [0, 0.1) is 0 Å². The van der Waals surface area contributed by atoms with Crippen molar-refractivity contribution in [2.75, 3.05) is 60.1 Å². The second-order valence-corrected chi connectivity index (χ2v) is 6.57. The van der Waals surface area contributed by atoms with Gasteiger partial charge in [0.25, 0.3) is 0 Å². The Bertz CT molecular complexity index is 741. The van der Waals surface area contributed by atoms with Crippen LogP contribution in [-0.4, -0.2) is 85.9 Å². The monoisotopic (exact) mass is 389 g/mol. The number of carbonyl (C=O) groups excluding carboxylic acids is 1. The summed E-state index contributed by atoms with van der Waals surface area (Å²) in [4.78, 5) is 20.8. The molecule has 1 saturated heterocycles. The highest BCUT2D eigenvalue weighted by Crippen LogP contribution is 2.20. The summed E-state index contributed by atoms with van der Waals surface area (Å²) in [6, 6.07) is 7.54. The Morgan fingerprint density at radius 3 is 2.61 bits per heavy atom. The number of aromatic nitrogens is 2. The first-order valence-corrected chi connectivity index (χ1v) is 9.36. The summed E-state index contributed by atoms with van der Waals surface area (Å²) in [5, 5.41) is 7.15. The third-order valence-electron chi connectivity index (χ3n) is 4.66. The summed E-state index contributed by atoms with van der Waals surface area (Å²) in [6.07, 6.45) is 0. The van der Waals surface area contributed by atoms with E-state index in [1.54, 1.807) is 14.2 Å². The van der Waals surface area contributed by atoms with E-state index >= 15 is 0 Å². The number of hydrogen-bond donors (Lipinski definition) is 1. The first kappa shape index (κ1) is 20.2. The van der Waals surface area contributed by atoms with Crippen LogP contribution in [0.5, 0.6) is 5.75 Å². The van der Waals surface area contributed by atoms with Crippen LogP contribution in [0.15, 0.2) is 28.8 Å². The van der Waals surface area contributed by atoms with Gasteiger partial charge in [-0.05, 0) is 24.3 Å². The maximum Gasteiger partial charge on any atom is 0.241 e. The zero-order valence-corrected chi connectivity index (χ0v) is 16.4. The van der Waals surface area contributed by atoms with Crippen molar-refractivity contribution in [1.82, 2.24) is 25.3 Å². The Morgan fingerprint density at radius 1 is 1.18 bits per heavy atom. The van der Waals surface area contributed by atoms with Crippen molar-refractivity contribution in [2.45, 2.75) is 6.54 Å². The fourth-order valence-electron chi connectivity index (χ4n) is 3.00. The average molecular weight is 389 g/mol. The first-order valence-electron chi connectivity index (χ1n) is 9.36. The van der Waals surface area contributed by atoms with Gasteiger partial charge in [0.2, 0.25) is 17.6 Å². The van der Waals surface area contributed by atoms with Crippen molar-refractivity contribution in [3.05, 3.63) is 30.2 Å². The van der Waals surface area contributed by atoms with E-state index in [0.717, 1.165) is 24.4 Å². The molecule has 0 saturated carbocycles. The molecule has 1 aromatic heterocycles. The SMILES string of the molecule is COCCNCC(=O)N1CCN(Cc2nc(-c3ccc(OC)cc3)no2)CC1. The number of benzene rings is 1. The van der Waals surface area contributed by atoms with Gasteiger partial charge in [-0.1, -0.05) is 5.16 Å². The summed E-state index contributed by atoms with van der Waals surface area (Å²) < 4.78 is 15.5. The van der Waals surface area contributed by atoms with Crippen LogP contribution in [-0.2, 0) is 16.1 Å². The van der Waals surface area contributed by atoms with Crippen molar-refractivity contribution in [1.29, 1.82) is 0 Å². The minimum absolute atomic E-state index is 0.121. The van der Waals surface area contributed by atoms with E-state index in [9.17, 15) is 4.79 Å². The fourth-order valence-corrected chi connectivity index (χ4v) is 3.00. The van der Waals surface area contributed by atoms with Gasteiger partial charge < -0.3 is 24.2 Å². The highest BCUT2D eigenvalue weighted by Gasteiger charge is 2.22. The van der Waals surface area contributed by atoms with Crippen LogP contribution in [0.3, 0.4) is 0 Å². The molecule has 0 unspecified atom stereocenters. The molecule has 9 nitrogen and oxygen atoms in total. The van der Waals surface area contributed by atoms with E-state index in [1.165, 1.54) is 0 Å². The van der Waals surface area contributed by atoms with Crippen LogP contribution in [0.4, 0.5) is 0 Å². The van der Waals surface area contributed by atoms with Gasteiger partial charge >= 0.3 is 0 Å². The summed E-state index contributed by atoms with van der Waals surface area (Å²) >= 11 is 0. The third-order valence-corrected chi connectivity index (χ3v) is 4.66. The zero-order valence-electron chi connectivity index (χ0n) is 16.4. The maximum atomic E-state index is 12.2. The van der Waals surface area contributed by atoms with Gasteiger partial charge in [0.15, 0.2) is 0 Å². The molecule has 0 atom stereocenters. The van der Waals surface area contributed by atoms with Crippen LogP contribution in [0.25, 0.3) is 11.4 Å². The Hall–Kier alpha value is -2.49. The fraction of sp³-hybridized carbons (Fsp3) is 0.526. The molecular formula is C19H27N5O4. The van der Waals surface area contributed by atoms with Gasteiger partial charge in [-0.15, -0.1) is 0 Å². The molecule has 9 heteroatoms. The van der Waals surface area contributed by atoms with E-state index < -0.39 is 0 Å². The quantitative estimate of drug-likeness (QED) is 0.624. The molecule has 1 N–H and O–H groups in total. The lowest BCUT2D eigenvalue weighted by atomic mass is 10.2. The summed E-state index contributed by atoms with van der Waals surface area (Å²) in [5.74, 6) is 2.05. The van der Waals surface area contributed by atoms with Crippen LogP contribution in [0.1, 0.15) is 5.89 Å². The summed E-state index contributed by atoms with van der Waals surface area (Å²) in [5.41, 5.74) is 0.882. The van der Waals surface area contributed by atoms with E-state index in [-0.39, 0.29) is 5.91 Å². The highest BCUT2D eigenvalue weighted by molar-refractivity contribution is 5.78. The maximum absolute atomic E-state index is 12.2. The lowest BCUT2D eigenvalue weighted by molar-refractivity contribution is -0.132. The largest absolute Gasteiger partial charge is 0.497 e. The first-order chi connectivity index (χ1) is 13.7. The molecule has 0 spiro atoms. The van der Waals surface area contributed by atoms with Gasteiger partial charge in [-0.3, -0.25) is 9.69 Å². The molecule has 1 aliphatic rings. The second-order valence-electron chi connectivity index (χ2n) is 6.57. The molecular weight excluding hydrogens is 362 g/mol. The van der Waals surface area contributed by atoms with Crippen LogP contribution >= 0.6 is 0 Å². The third kappa shape index (κ3) is 5.51. The molecule has 0 bridgehead atoms. The van der Waals surface area contributed by atoms with Gasteiger partial charge in [0.1, 0.15) is 5.75 Å². The molecule has 152 valence electrons. The van der Waals surface area contributed by atoms with E-state index in [0.29, 0.717) is 51.0 Å². The molecule has 1 aliphatic heterocycles. The lowest BCUT2D eigenvalue weighted by Crippen LogP contribution is -2.50. The summed E-state index contributed by atoms with van der Waals surface area (Å²) in [6.45, 7) is 5.16. The molecule has 2 heterocycles. The van der Waals surface area contributed by atoms with Crippen LogP contribution in [0.2, 0.25) is 0 Å². The molecule has 28 heavy (non-hydrogen) atoms. The Kier molecular flexibility index (Phi) is 7.35. The van der Waals surface area contributed by atoms with Gasteiger partial charge in [0.05, 0.1) is 26.8 Å². The normalized spacial score (nSPS) is 15.0. The van der Waals surface area contributed by atoms with Crippen molar-refractivity contribution >= 4 is 5.91 Å². The van der Waals surface area contributed by atoms with Crippen molar-refractivity contribution in [2.24, 2.45) is 0 Å². The molecule has 1 aromatic carbocycles. The number of ether oxygens (including phenoxy) is 2. The minimum Gasteiger partial charge on any atom is -0.497 e. The number of hydrogen-bond acceptors (Lipinski definition) is 8. The van der Waals surface area contributed by atoms with Crippen molar-refractivity contribution < 1.29 is 18.8 Å². The number of nitrogens with zero attached hydrogens (tertiary/aromatic N) is 4. The smallest absolute Gasteiger partial charge is 0.241 e. The topological polar surface area (TPSA) is 93.0 Å². The van der Waals surface area contributed by atoms with E-state index in [2.05, 4.69) is 20.4 Å². The molecule has 0 radical (unpaired) electrons. The number of rotatable bonds is 9. The van der Waals surface area contributed by atoms with Crippen molar-refractivity contribution in [3.8, 4) is 17.1 Å². The summed E-state index contributed by atoms with van der Waals surface area (Å²) in [7, 11) is 3.28. The number of amides is 1. The van der Waals surface area contributed by atoms with Gasteiger partial charge in [0, 0.05) is 45.4 Å². The predicted octanol–water partition coefficient (Wildman–Crippen LogP) is 0.625. The van der Waals surface area contributed by atoms with E-state index in [4.69, 9.17) is 14.0 Å². The Balaban J connectivity index is 1.44. The number of nitrogens with one attached hydrogen (secondary N) is 1. The number of methoxy groups -OCH3 is 2. The van der Waals surface area contributed by atoms with E-state index in [1.807, 2.05) is 29.2 Å². The number of carbonyl (C=O) groups is 1. The predicted molar refractivity (Wildman–Crippen MR) is 103 cm³/mol. The molecule has 1 fully saturated rings. The van der Waals surface area contributed by atoms with Crippen molar-refractivity contribution in [3.63, 3.8) is 0 Å². The molecule has 1 amide bonds. The molecule has 0 aliphatic carbocycles. The Morgan fingerprint density at radius 2 is 1.93 bits per heavy atom. The Labute approximate surface area is 164 Å². The molecule has 2 aromatic rings. The lowest BCUT2D eigenvalue weighted by Gasteiger charge is -2.34. The van der Waals surface area contributed by atoms with Gasteiger partial charge in [-0.2, -0.15) is 4.98 Å².